The van der Waals surface area contributed by atoms with Gasteiger partial charge in [0, 0.05) is 24.3 Å². The summed E-state index contributed by atoms with van der Waals surface area (Å²) in [7, 11) is -3.62. The molecule has 0 bridgehead atoms. The fourth-order valence-corrected chi connectivity index (χ4v) is 5.91. The Labute approximate surface area is 206 Å². The Balaban J connectivity index is 1.44. The number of amides is 1. The molecule has 35 heavy (non-hydrogen) atoms. The summed E-state index contributed by atoms with van der Waals surface area (Å²) in [5.74, 6) is 1.00. The minimum Gasteiger partial charge on any atom is -0.489 e. The number of hydrogen-bond donors (Lipinski definition) is 1. The van der Waals surface area contributed by atoms with Crippen LogP contribution in [0.4, 0.5) is 5.69 Å². The van der Waals surface area contributed by atoms with Gasteiger partial charge < -0.3 is 14.6 Å². The second-order valence-electron chi connectivity index (χ2n) is 8.87. The van der Waals surface area contributed by atoms with Crippen molar-refractivity contribution in [2.24, 2.45) is 0 Å². The lowest BCUT2D eigenvalue weighted by Gasteiger charge is -2.21. The summed E-state index contributed by atoms with van der Waals surface area (Å²) < 4.78 is 39.1. The van der Waals surface area contributed by atoms with Crippen LogP contribution in [0.3, 0.4) is 0 Å². The Kier molecular flexibility index (Phi) is 7.57. The molecule has 2 aromatic carbocycles. The maximum Gasteiger partial charge on any atom is 0.255 e. The van der Waals surface area contributed by atoms with Crippen molar-refractivity contribution in [3.8, 4) is 5.75 Å². The Morgan fingerprint density at radius 2 is 1.71 bits per heavy atom. The number of carbonyl (C=O) groups excluding carboxylic acids is 1. The summed E-state index contributed by atoms with van der Waals surface area (Å²) in [6.45, 7) is 6.86. The molecule has 0 saturated carbocycles. The molecule has 1 aliphatic rings. The molecule has 8 nitrogen and oxygen atoms in total. The first kappa shape index (κ1) is 24.9. The summed E-state index contributed by atoms with van der Waals surface area (Å²) in [5.41, 5.74) is 3.22. The van der Waals surface area contributed by atoms with Crippen molar-refractivity contribution >= 4 is 21.6 Å². The van der Waals surface area contributed by atoms with Crippen LogP contribution in [0, 0.1) is 20.8 Å². The number of nitrogens with zero attached hydrogens (tertiary/aromatic N) is 2. The molecule has 1 N–H and O–H groups in total. The molecule has 1 amide bonds. The summed E-state index contributed by atoms with van der Waals surface area (Å²) >= 11 is 0. The zero-order valence-electron chi connectivity index (χ0n) is 20.3. The molecule has 186 valence electrons. The lowest BCUT2D eigenvalue weighted by Crippen LogP contribution is -2.32. The molecule has 9 heteroatoms. The van der Waals surface area contributed by atoms with E-state index >= 15 is 0 Å². The fourth-order valence-electron chi connectivity index (χ4n) is 4.15. The third kappa shape index (κ3) is 5.74. The van der Waals surface area contributed by atoms with E-state index in [4.69, 9.17) is 9.26 Å². The van der Waals surface area contributed by atoms with E-state index in [-0.39, 0.29) is 10.8 Å². The molecule has 3 aromatic rings. The lowest BCUT2D eigenvalue weighted by atomic mass is 10.2. The van der Waals surface area contributed by atoms with E-state index in [9.17, 15) is 13.2 Å². The minimum atomic E-state index is -3.62. The van der Waals surface area contributed by atoms with Gasteiger partial charge in [0.1, 0.15) is 18.1 Å². The molecule has 1 fully saturated rings. The normalized spacial score (nSPS) is 14.9. The van der Waals surface area contributed by atoms with Gasteiger partial charge in [-0.15, -0.1) is 0 Å². The largest absolute Gasteiger partial charge is 0.489 e. The van der Waals surface area contributed by atoms with Crippen LogP contribution in [0.1, 0.15) is 58.6 Å². The first-order chi connectivity index (χ1) is 16.8. The van der Waals surface area contributed by atoms with Crippen LogP contribution in [0.5, 0.6) is 5.75 Å². The standard InChI is InChI=1S/C26H31N3O5S/c1-18-8-11-22(16-25(18)35(31,32)29-14-6-4-5-7-15-29)27-26(30)21-9-12-23(13-10-21)33-17-24-19(2)28-34-20(24)3/h8-13,16H,4-7,14-15,17H2,1-3H3,(H,27,30). The van der Waals surface area contributed by atoms with Gasteiger partial charge in [0.15, 0.2) is 0 Å². The highest BCUT2D eigenvalue weighted by Crippen LogP contribution is 2.26. The third-order valence-electron chi connectivity index (χ3n) is 6.31. The van der Waals surface area contributed by atoms with Crippen LogP contribution in [0.2, 0.25) is 0 Å². The maximum atomic E-state index is 13.3. The maximum absolute atomic E-state index is 13.3. The van der Waals surface area contributed by atoms with Gasteiger partial charge in [-0.2, -0.15) is 4.31 Å². The second-order valence-corrected chi connectivity index (χ2v) is 10.8. The molecular formula is C26H31N3O5S. The number of ether oxygens (including phenoxy) is 1. The predicted octanol–water partition coefficient (Wildman–Crippen LogP) is 5.00. The minimum absolute atomic E-state index is 0.236. The number of nitrogens with one attached hydrogen (secondary N) is 1. The van der Waals surface area contributed by atoms with E-state index in [2.05, 4.69) is 10.5 Å². The fraction of sp³-hybridized carbons (Fsp3) is 0.385. The summed E-state index contributed by atoms with van der Waals surface area (Å²) in [4.78, 5) is 13.1. The van der Waals surface area contributed by atoms with Crippen molar-refractivity contribution in [3.05, 3.63) is 70.6 Å². The Morgan fingerprint density at radius 1 is 1.03 bits per heavy atom. The van der Waals surface area contributed by atoms with Gasteiger partial charge in [0.25, 0.3) is 5.91 Å². The molecule has 1 aliphatic heterocycles. The first-order valence-electron chi connectivity index (χ1n) is 11.8. The molecular weight excluding hydrogens is 466 g/mol. The number of hydrogen-bond acceptors (Lipinski definition) is 6. The molecule has 0 spiro atoms. The molecule has 0 aliphatic carbocycles. The van der Waals surface area contributed by atoms with Crippen LogP contribution in [0.15, 0.2) is 51.9 Å². The van der Waals surface area contributed by atoms with Gasteiger partial charge in [-0.3, -0.25) is 4.79 Å². The van der Waals surface area contributed by atoms with Crippen molar-refractivity contribution in [2.45, 2.75) is 58.0 Å². The van der Waals surface area contributed by atoms with Crippen LogP contribution in [-0.4, -0.2) is 36.9 Å². The molecule has 0 atom stereocenters. The number of rotatable bonds is 7. The Bertz CT molecular complexity index is 1270. The van der Waals surface area contributed by atoms with Gasteiger partial charge in [0.2, 0.25) is 10.0 Å². The third-order valence-corrected chi connectivity index (χ3v) is 8.35. The predicted molar refractivity (Wildman–Crippen MR) is 133 cm³/mol. The van der Waals surface area contributed by atoms with Gasteiger partial charge in [-0.05, 0) is 75.6 Å². The molecule has 4 rings (SSSR count). The van der Waals surface area contributed by atoms with E-state index in [1.165, 1.54) is 0 Å². The van der Waals surface area contributed by atoms with Gasteiger partial charge in [-0.25, -0.2) is 8.42 Å². The van der Waals surface area contributed by atoms with Crippen molar-refractivity contribution < 1.29 is 22.5 Å². The summed E-state index contributed by atoms with van der Waals surface area (Å²) in [6, 6.07) is 11.8. The highest BCUT2D eigenvalue weighted by atomic mass is 32.2. The second kappa shape index (κ2) is 10.6. The van der Waals surface area contributed by atoms with Gasteiger partial charge in [0.05, 0.1) is 16.2 Å². The van der Waals surface area contributed by atoms with Crippen LogP contribution >= 0.6 is 0 Å². The van der Waals surface area contributed by atoms with Crippen LogP contribution < -0.4 is 10.1 Å². The summed E-state index contributed by atoms with van der Waals surface area (Å²) in [5, 5.41) is 6.73. The molecule has 0 radical (unpaired) electrons. The quantitative estimate of drug-likeness (QED) is 0.493. The first-order valence-corrected chi connectivity index (χ1v) is 13.3. The SMILES string of the molecule is Cc1ccc(NC(=O)c2ccc(OCc3c(C)noc3C)cc2)cc1S(=O)(=O)N1CCCCCC1. The topological polar surface area (TPSA) is 102 Å². The van der Waals surface area contributed by atoms with Crippen molar-refractivity contribution in [1.82, 2.24) is 9.46 Å². The van der Waals surface area contributed by atoms with E-state index in [0.29, 0.717) is 48.0 Å². The zero-order valence-corrected chi connectivity index (χ0v) is 21.2. The van der Waals surface area contributed by atoms with Gasteiger partial charge >= 0.3 is 0 Å². The number of aromatic nitrogens is 1. The monoisotopic (exact) mass is 497 g/mol. The van der Waals surface area contributed by atoms with Gasteiger partial charge in [-0.1, -0.05) is 24.1 Å². The zero-order chi connectivity index (χ0) is 25.0. The smallest absolute Gasteiger partial charge is 0.255 e. The highest BCUT2D eigenvalue weighted by molar-refractivity contribution is 7.89. The average molecular weight is 498 g/mol. The van der Waals surface area contributed by atoms with Crippen molar-refractivity contribution in [1.29, 1.82) is 0 Å². The number of carbonyl (C=O) groups is 1. The van der Waals surface area contributed by atoms with E-state index < -0.39 is 10.0 Å². The van der Waals surface area contributed by atoms with E-state index in [1.807, 2.05) is 13.8 Å². The number of aryl methyl sites for hydroxylation is 3. The van der Waals surface area contributed by atoms with Crippen molar-refractivity contribution in [2.75, 3.05) is 18.4 Å². The number of benzene rings is 2. The number of anilines is 1. The van der Waals surface area contributed by atoms with E-state index in [0.717, 1.165) is 36.9 Å². The molecule has 2 heterocycles. The van der Waals surface area contributed by atoms with Crippen molar-refractivity contribution in [3.63, 3.8) is 0 Å². The molecule has 0 unspecified atom stereocenters. The Hall–Kier alpha value is -3.17. The number of sulfonamides is 1. The summed E-state index contributed by atoms with van der Waals surface area (Å²) in [6.07, 6.45) is 3.83. The molecule has 1 saturated heterocycles. The highest BCUT2D eigenvalue weighted by Gasteiger charge is 2.27. The lowest BCUT2D eigenvalue weighted by molar-refractivity contribution is 0.102. The van der Waals surface area contributed by atoms with Crippen LogP contribution in [0.25, 0.3) is 0 Å². The Morgan fingerprint density at radius 3 is 2.34 bits per heavy atom. The van der Waals surface area contributed by atoms with Crippen LogP contribution in [-0.2, 0) is 16.6 Å². The molecule has 1 aromatic heterocycles. The average Bonchev–Trinajstić information content (AvgIpc) is 3.03. The van der Waals surface area contributed by atoms with E-state index in [1.54, 1.807) is 53.7 Å².